The van der Waals surface area contributed by atoms with E-state index in [9.17, 15) is 9.18 Å². The number of halogens is 1. The number of hydrogen-bond acceptors (Lipinski definition) is 3. The van der Waals surface area contributed by atoms with Crippen LogP contribution < -0.4 is 0 Å². The zero-order valence-electron chi connectivity index (χ0n) is 17.4. The summed E-state index contributed by atoms with van der Waals surface area (Å²) in [4.78, 5) is 15.4. The lowest BCUT2D eigenvalue weighted by Crippen LogP contribution is -2.39. The van der Waals surface area contributed by atoms with Gasteiger partial charge in [-0.2, -0.15) is 10.2 Å². The van der Waals surface area contributed by atoms with Crippen LogP contribution in [0, 0.1) is 5.82 Å². The van der Waals surface area contributed by atoms with E-state index < -0.39 is 0 Å². The Morgan fingerprint density at radius 3 is 2.61 bits per heavy atom. The van der Waals surface area contributed by atoms with E-state index in [-0.39, 0.29) is 17.6 Å². The highest BCUT2D eigenvalue weighted by Gasteiger charge is 2.31. The Hall–Kier alpha value is -3.74. The van der Waals surface area contributed by atoms with Gasteiger partial charge in [0.15, 0.2) is 0 Å². The van der Waals surface area contributed by atoms with Gasteiger partial charge in [0.25, 0.3) is 5.91 Å². The zero-order chi connectivity index (χ0) is 21.5. The molecule has 0 fully saturated rings. The first-order chi connectivity index (χ1) is 15.0. The van der Waals surface area contributed by atoms with Crippen molar-refractivity contribution in [2.45, 2.75) is 12.5 Å². The van der Waals surface area contributed by atoms with Crippen LogP contribution in [0.1, 0.15) is 33.1 Å². The van der Waals surface area contributed by atoms with E-state index in [0.717, 1.165) is 16.7 Å². The van der Waals surface area contributed by atoms with Crippen LogP contribution >= 0.6 is 0 Å². The van der Waals surface area contributed by atoms with E-state index in [1.807, 2.05) is 36.5 Å². The van der Waals surface area contributed by atoms with Crippen LogP contribution in [0.2, 0.25) is 0 Å². The summed E-state index contributed by atoms with van der Waals surface area (Å²) in [5.41, 5.74) is 5.38. The molecule has 1 aliphatic heterocycles. The molecule has 1 amide bonds. The number of aryl methyl sites for hydroxylation is 2. The molecule has 0 N–H and O–H groups in total. The predicted octanol–water partition coefficient (Wildman–Crippen LogP) is 3.75. The first-order valence-corrected chi connectivity index (χ1v) is 10.1. The van der Waals surface area contributed by atoms with Crippen molar-refractivity contribution in [1.29, 1.82) is 0 Å². The van der Waals surface area contributed by atoms with Gasteiger partial charge in [-0.15, -0.1) is 0 Å². The molecule has 0 unspecified atom stereocenters. The number of benzene rings is 2. The second kappa shape index (κ2) is 7.50. The van der Waals surface area contributed by atoms with Crippen molar-refractivity contribution in [1.82, 2.24) is 24.5 Å². The SMILES string of the molecule is Cn1cc([C@H]2CN(C(=O)c3cc(-c4ccc(F)cc4)nn3C)Cc3ccccc32)cn1. The Morgan fingerprint density at radius 2 is 1.87 bits per heavy atom. The first kappa shape index (κ1) is 19.2. The highest BCUT2D eigenvalue weighted by atomic mass is 19.1. The van der Waals surface area contributed by atoms with E-state index in [4.69, 9.17) is 0 Å². The summed E-state index contributed by atoms with van der Waals surface area (Å²) in [6.07, 6.45) is 3.87. The molecule has 0 saturated carbocycles. The third-order valence-electron chi connectivity index (χ3n) is 5.85. The number of carbonyl (C=O) groups is 1. The van der Waals surface area contributed by atoms with E-state index in [0.29, 0.717) is 24.5 Å². The van der Waals surface area contributed by atoms with Crippen LogP contribution in [0.5, 0.6) is 0 Å². The number of fused-ring (bicyclic) bond motifs is 1. The molecule has 0 saturated heterocycles. The fourth-order valence-corrected chi connectivity index (χ4v) is 4.26. The Balaban J connectivity index is 1.48. The fourth-order valence-electron chi connectivity index (χ4n) is 4.26. The quantitative estimate of drug-likeness (QED) is 0.512. The Labute approximate surface area is 179 Å². The van der Waals surface area contributed by atoms with Crippen LogP contribution in [0.4, 0.5) is 4.39 Å². The Morgan fingerprint density at radius 1 is 1.10 bits per heavy atom. The summed E-state index contributed by atoms with van der Waals surface area (Å²) in [5, 5.41) is 8.81. The van der Waals surface area contributed by atoms with Gasteiger partial charge in [-0.3, -0.25) is 14.2 Å². The van der Waals surface area contributed by atoms with Crippen LogP contribution in [0.15, 0.2) is 67.0 Å². The van der Waals surface area contributed by atoms with Crippen molar-refractivity contribution in [3.05, 3.63) is 95.2 Å². The molecule has 0 radical (unpaired) electrons. The normalized spacial score (nSPS) is 15.7. The maximum atomic E-state index is 13.5. The van der Waals surface area contributed by atoms with Crippen molar-refractivity contribution >= 4 is 5.91 Å². The van der Waals surface area contributed by atoms with Gasteiger partial charge in [0, 0.05) is 44.9 Å². The third kappa shape index (κ3) is 3.52. The first-order valence-electron chi connectivity index (χ1n) is 10.1. The van der Waals surface area contributed by atoms with E-state index in [2.05, 4.69) is 22.3 Å². The summed E-state index contributed by atoms with van der Waals surface area (Å²) in [7, 11) is 3.66. The molecule has 3 heterocycles. The average molecular weight is 415 g/mol. The van der Waals surface area contributed by atoms with Crippen LogP contribution in [0.3, 0.4) is 0 Å². The molecule has 31 heavy (non-hydrogen) atoms. The van der Waals surface area contributed by atoms with Crippen molar-refractivity contribution < 1.29 is 9.18 Å². The van der Waals surface area contributed by atoms with E-state index in [1.165, 1.54) is 17.7 Å². The van der Waals surface area contributed by atoms with Crippen molar-refractivity contribution in [2.24, 2.45) is 14.1 Å². The second-order valence-electron chi connectivity index (χ2n) is 7.93. The smallest absolute Gasteiger partial charge is 0.272 e. The average Bonchev–Trinajstić information content (AvgIpc) is 3.38. The van der Waals surface area contributed by atoms with Crippen LogP contribution in [0.25, 0.3) is 11.3 Å². The minimum atomic E-state index is -0.301. The largest absolute Gasteiger partial charge is 0.332 e. The highest BCUT2D eigenvalue weighted by Crippen LogP contribution is 2.34. The highest BCUT2D eigenvalue weighted by molar-refractivity contribution is 5.94. The van der Waals surface area contributed by atoms with Gasteiger partial charge in [0.2, 0.25) is 0 Å². The summed E-state index contributed by atoms with van der Waals surface area (Å²) in [6.45, 7) is 1.11. The molecule has 2 aromatic carbocycles. The molecule has 6 nitrogen and oxygen atoms in total. The molecule has 0 spiro atoms. The van der Waals surface area contributed by atoms with Gasteiger partial charge in [-0.25, -0.2) is 4.39 Å². The summed E-state index contributed by atoms with van der Waals surface area (Å²) < 4.78 is 16.6. The molecule has 0 bridgehead atoms. The van der Waals surface area contributed by atoms with Crippen LogP contribution in [-0.4, -0.2) is 36.9 Å². The fraction of sp³-hybridized carbons (Fsp3) is 0.208. The molecule has 4 aromatic rings. The number of nitrogens with zero attached hydrogens (tertiary/aromatic N) is 5. The molecule has 1 aliphatic rings. The van der Waals surface area contributed by atoms with Crippen molar-refractivity contribution in [2.75, 3.05) is 6.54 Å². The van der Waals surface area contributed by atoms with Crippen molar-refractivity contribution in [3.8, 4) is 11.3 Å². The van der Waals surface area contributed by atoms with Crippen LogP contribution in [-0.2, 0) is 20.6 Å². The zero-order valence-corrected chi connectivity index (χ0v) is 17.4. The minimum absolute atomic E-state index is 0.0624. The number of aromatic nitrogens is 4. The van der Waals surface area contributed by atoms with Gasteiger partial charge >= 0.3 is 0 Å². The van der Waals surface area contributed by atoms with Gasteiger partial charge in [0.05, 0.1) is 11.9 Å². The maximum Gasteiger partial charge on any atom is 0.272 e. The van der Waals surface area contributed by atoms with Gasteiger partial charge in [-0.05, 0) is 47.0 Å². The molecular weight excluding hydrogens is 393 g/mol. The van der Waals surface area contributed by atoms with Gasteiger partial charge < -0.3 is 4.90 Å². The number of hydrogen-bond donors (Lipinski definition) is 0. The summed E-state index contributed by atoms with van der Waals surface area (Å²) in [6, 6.07) is 16.1. The second-order valence-corrected chi connectivity index (χ2v) is 7.93. The molecule has 1 atom stereocenters. The number of rotatable bonds is 3. The monoisotopic (exact) mass is 415 g/mol. The Bertz CT molecular complexity index is 1260. The predicted molar refractivity (Wildman–Crippen MR) is 115 cm³/mol. The Kier molecular flexibility index (Phi) is 4.66. The lowest BCUT2D eigenvalue weighted by atomic mass is 9.86. The summed E-state index contributed by atoms with van der Waals surface area (Å²) >= 11 is 0. The third-order valence-corrected chi connectivity index (χ3v) is 5.85. The lowest BCUT2D eigenvalue weighted by Gasteiger charge is -2.34. The standard InChI is InChI=1S/C24H22FN5O/c1-28-13-18(12-26-28)21-15-30(14-17-5-3-4-6-20(17)21)24(31)23-11-22(27-29(23)2)16-7-9-19(25)10-8-16/h3-13,21H,14-15H2,1-2H3/t21-/m1/s1. The molecule has 156 valence electrons. The summed E-state index contributed by atoms with van der Waals surface area (Å²) in [5.74, 6) is -0.316. The van der Waals surface area contributed by atoms with E-state index in [1.54, 1.807) is 34.6 Å². The maximum absolute atomic E-state index is 13.5. The van der Waals surface area contributed by atoms with Gasteiger partial charge in [-0.1, -0.05) is 24.3 Å². The van der Waals surface area contributed by atoms with Gasteiger partial charge in [0.1, 0.15) is 11.5 Å². The molecular formula is C24H22FN5O. The number of carbonyl (C=O) groups excluding carboxylic acids is 1. The molecule has 2 aromatic heterocycles. The van der Waals surface area contributed by atoms with Crippen molar-refractivity contribution in [3.63, 3.8) is 0 Å². The molecule has 0 aliphatic carbocycles. The lowest BCUT2D eigenvalue weighted by molar-refractivity contribution is 0.0714. The minimum Gasteiger partial charge on any atom is -0.332 e. The number of amides is 1. The van der Waals surface area contributed by atoms with E-state index >= 15 is 0 Å². The molecule has 5 rings (SSSR count). The molecule has 7 heteroatoms. The topological polar surface area (TPSA) is 56.0 Å².